The Hall–Kier alpha value is -1.75. The van der Waals surface area contributed by atoms with E-state index in [4.69, 9.17) is 20.9 Å². The van der Waals surface area contributed by atoms with Gasteiger partial charge in [-0.1, -0.05) is 6.07 Å². The summed E-state index contributed by atoms with van der Waals surface area (Å²) >= 11 is 0. The van der Waals surface area contributed by atoms with Crippen LogP contribution in [0, 0.1) is 0 Å². The van der Waals surface area contributed by atoms with Crippen LogP contribution < -0.4 is 16.2 Å². The van der Waals surface area contributed by atoms with Crippen molar-refractivity contribution in [2.75, 3.05) is 19.1 Å². The molecule has 0 aliphatic carbocycles. The average Bonchev–Trinajstić information content (AvgIpc) is 2.20. The second kappa shape index (κ2) is 5.21. The van der Waals surface area contributed by atoms with Gasteiger partial charge in [0.25, 0.3) is 5.91 Å². The standard InChI is InChI=1S/C10H14N2O3/c1-2-14-6-15-9-7(10(12)13)4-3-5-8(9)11/h3-5H,2,6,11H2,1H3,(H2,12,13). The molecule has 0 aliphatic heterocycles. The Morgan fingerprint density at radius 1 is 1.47 bits per heavy atom. The van der Waals surface area contributed by atoms with Gasteiger partial charge in [-0.2, -0.15) is 0 Å². The van der Waals surface area contributed by atoms with Crippen molar-refractivity contribution in [1.82, 2.24) is 0 Å². The van der Waals surface area contributed by atoms with Crippen molar-refractivity contribution in [3.05, 3.63) is 23.8 Å². The number of carbonyl (C=O) groups excluding carboxylic acids is 1. The molecule has 1 aromatic rings. The Morgan fingerprint density at radius 2 is 2.20 bits per heavy atom. The van der Waals surface area contributed by atoms with Crippen LogP contribution >= 0.6 is 0 Å². The maximum atomic E-state index is 11.1. The number of ether oxygens (including phenoxy) is 2. The van der Waals surface area contributed by atoms with E-state index in [0.29, 0.717) is 12.3 Å². The molecular weight excluding hydrogens is 196 g/mol. The van der Waals surface area contributed by atoms with Gasteiger partial charge < -0.3 is 20.9 Å². The van der Waals surface area contributed by atoms with Gasteiger partial charge in [-0.25, -0.2) is 0 Å². The Bertz CT molecular complexity index is 353. The first kappa shape index (κ1) is 11.3. The summed E-state index contributed by atoms with van der Waals surface area (Å²) in [6.45, 7) is 2.41. The molecule has 1 aromatic carbocycles. The molecule has 0 aliphatic rings. The Morgan fingerprint density at radius 3 is 2.80 bits per heavy atom. The van der Waals surface area contributed by atoms with Crippen LogP contribution in [-0.2, 0) is 4.74 Å². The minimum Gasteiger partial charge on any atom is -0.465 e. The van der Waals surface area contributed by atoms with Crippen molar-refractivity contribution in [2.24, 2.45) is 5.73 Å². The summed E-state index contributed by atoms with van der Waals surface area (Å²) in [5.41, 5.74) is 11.5. The second-order valence-corrected chi connectivity index (χ2v) is 2.84. The molecule has 0 radical (unpaired) electrons. The predicted octanol–water partition coefficient (Wildman–Crippen LogP) is 0.741. The highest BCUT2D eigenvalue weighted by Gasteiger charge is 2.11. The molecule has 0 heterocycles. The summed E-state index contributed by atoms with van der Waals surface area (Å²) in [6.07, 6.45) is 0. The lowest BCUT2D eigenvalue weighted by atomic mass is 10.1. The van der Waals surface area contributed by atoms with Gasteiger partial charge in [0.1, 0.15) is 0 Å². The first-order chi connectivity index (χ1) is 7.16. The third-order valence-electron chi connectivity index (χ3n) is 1.80. The monoisotopic (exact) mass is 210 g/mol. The lowest BCUT2D eigenvalue weighted by Gasteiger charge is -2.11. The van der Waals surface area contributed by atoms with E-state index in [1.54, 1.807) is 18.2 Å². The number of carbonyl (C=O) groups is 1. The van der Waals surface area contributed by atoms with Crippen LogP contribution in [0.25, 0.3) is 0 Å². The average molecular weight is 210 g/mol. The molecule has 0 unspecified atom stereocenters. The molecule has 0 saturated heterocycles. The molecule has 5 nitrogen and oxygen atoms in total. The highest BCUT2D eigenvalue weighted by atomic mass is 16.7. The smallest absolute Gasteiger partial charge is 0.252 e. The zero-order valence-electron chi connectivity index (χ0n) is 8.53. The number of rotatable bonds is 5. The van der Waals surface area contributed by atoms with Gasteiger partial charge in [0.15, 0.2) is 12.5 Å². The lowest BCUT2D eigenvalue weighted by molar-refractivity contribution is 0.0224. The molecule has 15 heavy (non-hydrogen) atoms. The second-order valence-electron chi connectivity index (χ2n) is 2.84. The van der Waals surface area contributed by atoms with Crippen molar-refractivity contribution < 1.29 is 14.3 Å². The van der Waals surface area contributed by atoms with Crippen LogP contribution in [0.1, 0.15) is 17.3 Å². The number of hydrogen-bond acceptors (Lipinski definition) is 4. The van der Waals surface area contributed by atoms with E-state index in [9.17, 15) is 4.79 Å². The normalized spacial score (nSPS) is 9.93. The Kier molecular flexibility index (Phi) is 3.93. The SMILES string of the molecule is CCOCOc1c(N)cccc1C(N)=O. The van der Waals surface area contributed by atoms with E-state index < -0.39 is 5.91 Å². The van der Waals surface area contributed by atoms with Gasteiger partial charge in [0, 0.05) is 6.61 Å². The van der Waals surface area contributed by atoms with Crippen molar-refractivity contribution >= 4 is 11.6 Å². The molecule has 1 amide bonds. The Balaban J connectivity index is 2.87. The molecule has 0 spiro atoms. The third kappa shape index (κ3) is 2.85. The number of para-hydroxylation sites is 1. The van der Waals surface area contributed by atoms with Gasteiger partial charge >= 0.3 is 0 Å². The molecule has 0 fully saturated rings. The summed E-state index contributed by atoms with van der Waals surface area (Å²) in [5, 5.41) is 0. The minimum absolute atomic E-state index is 0.0466. The predicted molar refractivity (Wildman–Crippen MR) is 56.5 cm³/mol. The van der Waals surface area contributed by atoms with Crippen LogP contribution in [0.15, 0.2) is 18.2 Å². The molecule has 0 aromatic heterocycles. The maximum Gasteiger partial charge on any atom is 0.252 e. The maximum absolute atomic E-state index is 11.1. The minimum atomic E-state index is -0.575. The zero-order chi connectivity index (χ0) is 11.3. The summed E-state index contributed by atoms with van der Waals surface area (Å²) in [5.74, 6) is -0.299. The molecule has 0 saturated carbocycles. The van der Waals surface area contributed by atoms with E-state index in [2.05, 4.69) is 0 Å². The summed E-state index contributed by atoms with van der Waals surface area (Å²) in [4.78, 5) is 11.1. The van der Waals surface area contributed by atoms with Gasteiger partial charge in [-0.3, -0.25) is 4.79 Å². The van der Waals surface area contributed by atoms with Gasteiger partial charge in [0.2, 0.25) is 0 Å². The first-order valence-corrected chi connectivity index (χ1v) is 4.55. The van der Waals surface area contributed by atoms with Crippen LogP contribution in [0.3, 0.4) is 0 Å². The van der Waals surface area contributed by atoms with E-state index >= 15 is 0 Å². The quantitative estimate of drug-likeness (QED) is 0.426. The number of hydrogen-bond donors (Lipinski definition) is 2. The van der Waals surface area contributed by atoms with Crippen LogP contribution in [-0.4, -0.2) is 19.3 Å². The number of nitrogen functional groups attached to an aromatic ring is 1. The molecule has 1 rings (SSSR count). The molecule has 4 N–H and O–H groups in total. The lowest BCUT2D eigenvalue weighted by Crippen LogP contribution is -2.15. The Labute approximate surface area is 88.0 Å². The van der Waals surface area contributed by atoms with Gasteiger partial charge in [-0.15, -0.1) is 0 Å². The fraction of sp³-hybridized carbons (Fsp3) is 0.300. The van der Waals surface area contributed by atoms with Crippen molar-refractivity contribution in [3.63, 3.8) is 0 Å². The first-order valence-electron chi connectivity index (χ1n) is 4.55. The molecule has 5 heteroatoms. The molecule has 82 valence electrons. The zero-order valence-corrected chi connectivity index (χ0v) is 8.53. The van der Waals surface area contributed by atoms with Crippen LogP contribution in [0.5, 0.6) is 5.75 Å². The van der Waals surface area contributed by atoms with Crippen LogP contribution in [0.2, 0.25) is 0 Å². The van der Waals surface area contributed by atoms with Crippen LogP contribution in [0.4, 0.5) is 5.69 Å². The van der Waals surface area contributed by atoms with E-state index in [1.165, 1.54) is 0 Å². The highest BCUT2D eigenvalue weighted by Crippen LogP contribution is 2.25. The summed E-state index contributed by atoms with van der Waals surface area (Å²) < 4.78 is 10.2. The molecule has 0 atom stereocenters. The summed E-state index contributed by atoms with van der Waals surface area (Å²) in [6, 6.07) is 4.83. The molecular formula is C10H14N2O3. The number of anilines is 1. The highest BCUT2D eigenvalue weighted by molar-refractivity contribution is 5.97. The van der Waals surface area contributed by atoms with Gasteiger partial charge in [0.05, 0.1) is 11.3 Å². The number of benzene rings is 1. The number of amides is 1. The van der Waals surface area contributed by atoms with E-state index in [-0.39, 0.29) is 18.1 Å². The van der Waals surface area contributed by atoms with Gasteiger partial charge in [-0.05, 0) is 19.1 Å². The van der Waals surface area contributed by atoms with Crippen molar-refractivity contribution in [3.8, 4) is 5.75 Å². The molecule has 0 bridgehead atoms. The van der Waals surface area contributed by atoms with Crippen molar-refractivity contribution in [1.29, 1.82) is 0 Å². The number of primary amides is 1. The number of nitrogens with two attached hydrogens (primary N) is 2. The third-order valence-corrected chi connectivity index (χ3v) is 1.80. The fourth-order valence-corrected chi connectivity index (χ4v) is 1.09. The van der Waals surface area contributed by atoms with Crippen molar-refractivity contribution in [2.45, 2.75) is 6.92 Å². The topological polar surface area (TPSA) is 87.6 Å². The largest absolute Gasteiger partial charge is 0.465 e. The summed E-state index contributed by atoms with van der Waals surface area (Å²) in [7, 11) is 0. The van der Waals surface area contributed by atoms with E-state index in [0.717, 1.165) is 0 Å². The van der Waals surface area contributed by atoms with E-state index in [1.807, 2.05) is 6.92 Å². The fourth-order valence-electron chi connectivity index (χ4n) is 1.09.